The van der Waals surface area contributed by atoms with Crippen molar-refractivity contribution in [3.8, 4) is 0 Å². The van der Waals surface area contributed by atoms with Crippen LogP contribution in [0.4, 0.5) is 4.79 Å². The van der Waals surface area contributed by atoms with Gasteiger partial charge in [0.1, 0.15) is 17.4 Å². The summed E-state index contributed by atoms with van der Waals surface area (Å²) in [6.45, 7) is 5.54. The second kappa shape index (κ2) is 7.46. The topological polar surface area (TPSA) is 120 Å². The van der Waals surface area contributed by atoms with E-state index in [2.05, 4.69) is 20.5 Å². The third-order valence-electron chi connectivity index (χ3n) is 1.74. The Labute approximate surface area is 132 Å². The SMILES string of the molecule is CC(C)(C)OC(=O)NCCc1nc(C(=O)[O-])n[nH]1.[Na+]. The Morgan fingerprint density at radius 2 is 2.05 bits per heavy atom. The van der Waals surface area contributed by atoms with Gasteiger partial charge in [0.15, 0.2) is 5.82 Å². The van der Waals surface area contributed by atoms with Gasteiger partial charge in [-0.3, -0.25) is 5.10 Å². The molecule has 1 heterocycles. The molecule has 1 aromatic rings. The number of ether oxygens (including phenoxy) is 1. The fourth-order valence-electron chi connectivity index (χ4n) is 1.10. The summed E-state index contributed by atoms with van der Waals surface area (Å²) in [5, 5.41) is 18.8. The number of carboxylic acid groups (broad SMARTS) is 1. The van der Waals surface area contributed by atoms with Gasteiger partial charge in [-0.25, -0.2) is 9.78 Å². The third-order valence-corrected chi connectivity index (χ3v) is 1.74. The Balaban J connectivity index is 0.00000324. The van der Waals surface area contributed by atoms with Crippen LogP contribution in [0.3, 0.4) is 0 Å². The summed E-state index contributed by atoms with van der Waals surface area (Å²) in [4.78, 5) is 25.3. The van der Waals surface area contributed by atoms with Crippen molar-refractivity contribution in [1.82, 2.24) is 20.5 Å². The summed E-state index contributed by atoms with van der Waals surface area (Å²) >= 11 is 0. The molecule has 0 fully saturated rings. The van der Waals surface area contributed by atoms with E-state index < -0.39 is 23.5 Å². The Morgan fingerprint density at radius 1 is 1.42 bits per heavy atom. The zero-order valence-electron chi connectivity index (χ0n) is 11.4. The van der Waals surface area contributed by atoms with Gasteiger partial charge in [-0.1, -0.05) is 0 Å². The predicted molar refractivity (Wildman–Crippen MR) is 58.7 cm³/mol. The van der Waals surface area contributed by atoms with E-state index in [1.807, 2.05) is 0 Å². The van der Waals surface area contributed by atoms with Crippen LogP contribution in [0.15, 0.2) is 0 Å². The van der Waals surface area contributed by atoms with Crippen LogP contribution in [0.1, 0.15) is 37.2 Å². The van der Waals surface area contributed by atoms with Crippen molar-refractivity contribution >= 4 is 12.1 Å². The molecule has 100 valence electrons. The standard InChI is InChI=1S/C10H16N4O4.Na/c1-10(2,3)18-9(17)11-5-4-6-12-7(8(15)16)14-13-6;/h4-5H2,1-3H3,(H,11,17)(H,15,16)(H,12,13,14);/q;+1/p-1. The number of aromatic carboxylic acids is 1. The first-order chi connectivity index (χ1) is 8.28. The van der Waals surface area contributed by atoms with E-state index in [0.717, 1.165) is 0 Å². The number of carbonyl (C=O) groups excluding carboxylic acids is 2. The minimum atomic E-state index is -1.45. The van der Waals surface area contributed by atoms with Gasteiger partial charge < -0.3 is 20.0 Å². The molecule has 2 N–H and O–H groups in total. The Bertz CT molecular complexity index is 441. The van der Waals surface area contributed by atoms with Crippen LogP contribution in [0.2, 0.25) is 0 Å². The first-order valence-electron chi connectivity index (χ1n) is 5.37. The average molecular weight is 278 g/mol. The number of nitrogens with one attached hydrogen (secondary N) is 2. The van der Waals surface area contributed by atoms with Crippen molar-refractivity contribution in [3.63, 3.8) is 0 Å². The number of aromatic nitrogens is 3. The van der Waals surface area contributed by atoms with Crippen LogP contribution in [0.25, 0.3) is 0 Å². The summed E-state index contributed by atoms with van der Waals surface area (Å²) in [6, 6.07) is 0. The fraction of sp³-hybridized carbons (Fsp3) is 0.600. The molecule has 8 nitrogen and oxygen atoms in total. The number of H-pyrrole nitrogens is 1. The smallest absolute Gasteiger partial charge is 0.541 e. The van der Waals surface area contributed by atoms with E-state index in [0.29, 0.717) is 12.2 Å². The van der Waals surface area contributed by atoms with Crippen LogP contribution >= 0.6 is 0 Å². The van der Waals surface area contributed by atoms with E-state index in [1.54, 1.807) is 20.8 Å². The molecule has 0 bridgehead atoms. The fourth-order valence-corrected chi connectivity index (χ4v) is 1.10. The van der Waals surface area contributed by atoms with E-state index in [9.17, 15) is 14.7 Å². The first kappa shape index (κ1) is 17.9. The molecule has 1 rings (SSSR count). The molecule has 0 aliphatic carbocycles. The molecule has 1 aromatic heterocycles. The summed E-state index contributed by atoms with van der Waals surface area (Å²) < 4.78 is 5.02. The maximum Gasteiger partial charge on any atom is 1.00 e. The second-order valence-electron chi connectivity index (χ2n) is 4.57. The molecular weight excluding hydrogens is 263 g/mol. The number of rotatable bonds is 4. The molecule has 9 heteroatoms. The number of hydrogen-bond acceptors (Lipinski definition) is 6. The molecule has 0 saturated carbocycles. The van der Waals surface area contributed by atoms with Crippen molar-refractivity contribution in [1.29, 1.82) is 0 Å². The number of carboxylic acids is 1. The number of amides is 1. The van der Waals surface area contributed by atoms with Crippen molar-refractivity contribution < 1.29 is 49.0 Å². The van der Waals surface area contributed by atoms with Crippen LogP contribution < -0.4 is 40.0 Å². The summed E-state index contributed by atoms with van der Waals surface area (Å²) in [6.07, 6.45) is -0.221. The second-order valence-corrected chi connectivity index (χ2v) is 4.57. The molecule has 19 heavy (non-hydrogen) atoms. The summed E-state index contributed by atoms with van der Waals surface area (Å²) in [5.74, 6) is -1.50. The molecule has 0 atom stereocenters. The van der Waals surface area contributed by atoms with Crippen LogP contribution in [0, 0.1) is 0 Å². The maximum atomic E-state index is 11.3. The Kier molecular flexibility index (Phi) is 7.02. The largest absolute Gasteiger partial charge is 1.00 e. The molecule has 0 aliphatic rings. The predicted octanol–water partition coefficient (Wildman–Crippen LogP) is -3.76. The Hall–Kier alpha value is -1.12. The van der Waals surface area contributed by atoms with E-state index in [-0.39, 0.29) is 36.1 Å². The molecule has 0 unspecified atom stereocenters. The van der Waals surface area contributed by atoms with Crippen LogP contribution in [0.5, 0.6) is 0 Å². The number of aromatic amines is 1. The molecule has 0 aliphatic heterocycles. The Morgan fingerprint density at radius 3 is 2.53 bits per heavy atom. The van der Waals surface area contributed by atoms with Gasteiger partial charge >= 0.3 is 35.7 Å². The van der Waals surface area contributed by atoms with Gasteiger partial charge in [0.2, 0.25) is 0 Å². The normalized spacial score (nSPS) is 10.5. The maximum absolute atomic E-state index is 11.3. The minimum Gasteiger partial charge on any atom is -0.541 e. The van der Waals surface area contributed by atoms with Gasteiger partial charge in [-0.15, -0.1) is 0 Å². The van der Waals surface area contributed by atoms with Crippen LogP contribution in [-0.4, -0.2) is 39.4 Å². The number of alkyl carbamates (subject to hydrolysis) is 1. The van der Waals surface area contributed by atoms with E-state index in [4.69, 9.17) is 4.74 Å². The summed E-state index contributed by atoms with van der Waals surface area (Å²) in [7, 11) is 0. The molecule has 0 spiro atoms. The van der Waals surface area contributed by atoms with Gasteiger partial charge in [-0.05, 0) is 20.8 Å². The van der Waals surface area contributed by atoms with Crippen molar-refractivity contribution in [2.24, 2.45) is 0 Å². The molecule has 0 saturated heterocycles. The van der Waals surface area contributed by atoms with Crippen molar-refractivity contribution in [2.75, 3.05) is 6.54 Å². The number of hydrogen-bond donors (Lipinski definition) is 2. The van der Waals surface area contributed by atoms with E-state index >= 15 is 0 Å². The average Bonchev–Trinajstić information content (AvgIpc) is 2.63. The van der Waals surface area contributed by atoms with E-state index in [1.165, 1.54) is 0 Å². The monoisotopic (exact) mass is 278 g/mol. The number of nitrogens with zero attached hydrogens (tertiary/aromatic N) is 2. The molecule has 1 amide bonds. The third kappa shape index (κ3) is 7.14. The van der Waals surface area contributed by atoms with Gasteiger partial charge in [0.25, 0.3) is 0 Å². The molecule has 0 aromatic carbocycles. The van der Waals surface area contributed by atoms with Crippen molar-refractivity contribution in [3.05, 3.63) is 11.6 Å². The van der Waals surface area contributed by atoms with Gasteiger partial charge in [0.05, 0.1) is 0 Å². The van der Waals surface area contributed by atoms with Crippen molar-refractivity contribution in [2.45, 2.75) is 32.8 Å². The van der Waals surface area contributed by atoms with Gasteiger partial charge in [0, 0.05) is 13.0 Å². The zero-order valence-corrected chi connectivity index (χ0v) is 13.4. The first-order valence-corrected chi connectivity index (χ1v) is 5.37. The number of carbonyl (C=O) groups is 2. The van der Waals surface area contributed by atoms with Crippen LogP contribution in [-0.2, 0) is 11.2 Å². The summed E-state index contributed by atoms with van der Waals surface area (Å²) in [5.41, 5.74) is -0.557. The van der Waals surface area contributed by atoms with Gasteiger partial charge in [-0.2, -0.15) is 5.10 Å². The molecular formula is C10H15N4NaO4. The molecule has 0 radical (unpaired) electrons. The minimum absolute atomic E-state index is 0. The quantitative estimate of drug-likeness (QED) is 0.546. The zero-order chi connectivity index (χ0) is 13.8.